The molecule has 86 valence electrons. The number of aromatic nitrogens is 4. The van der Waals surface area contributed by atoms with Crippen LogP contribution in [0, 0.1) is 6.92 Å². The van der Waals surface area contributed by atoms with Crippen LogP contribution >= 0.6 is 0 Å². The lowest BCUT2D eigenvalue weighted by molar-refractivity contribution is 0.506. The van der Waals surface area contributed by atoms with Crippen LogP contribution < -0.4 is 5.32 Å². The molecule has 0 radical (unpaired) electrons. The summed E-state index contributed by atoms with van der Waals surface area (Å²) < 4.78 is 1.92. The number of H-pyrrole nitrogens is 1. The summed E-state index contributed by atoms with van der Waals surface area (Å²) in [5, 5.41) is 14.6. The molecule has 0 fully saturated rings. The third-order valence-electron chi connectivity index (χ3n) is 2.69. The second-order valence-corrected chi connectivity index (χ2v) is 3.90. The Balaban J connectivity index is 1.80. The lowest BCUT2D eigenvalue weighted by Gasteiger charge is -2.13. The maximum Gasteiger partial charge on any atom is 0.0537 e. The minimum Gasteiger partial charge on any atom is -0.308 e. The Bertz CT molecular complexity index is 417. The molecule has 2 aromatic rings. The minimum absolute atomic E-state index is 0.314. The first-order valence-corrected chi connectivity index (χ1v) is 5.48. The van der Waals surface area contributed by atoms with Crippen molar-refractivity contribution in [2.45, 2.75) is 26.4 Å². The molecule has 5 heteroatoms. The van der Waals surface area contributed by atoms with Crippen molar-refractivity contribution in [2.24, 2.45) is 0 Å². The maximum atomic E-state index is 4.15. The largest absolute Gasteiger partial charge is 0.308 e. The SMILES string of the molecule is Cc1[nH]ncc1C(C)NCCn1cccn1. The molecule has 1 atom stereocenters. The molecule has 0 aliphatic heterocycles. The zero-order chi connectivity index (χ0) is 11.4. The molecule has 0 amide bonds. The van der Waals surface area contributed by atoms with Crippen LogP contribution in [-0.4, -0.2) is 26.5 Å². The van der Waals surface area contributed by atoms with Crippen LogP contribution in [0.1, 0.15) is 24.2 Å². The highest BCUT2D eigenvalue weighted by Crippen LogP contribution is 2.13. The van der Waals surface area contributed by atoms with E-state index in [1.54, 1.807) is 6.20 Å². The highest BCUT2D eigenvalue weighted by molar-refractivity contribution is 5.18. The topological polar surface area (TPSA) is 58.5 Å². The van der Waals surface area contributed by atoms with Crippen molar-refractivity contribution in [3.05, 3.63) is 35.9 Å². The second kappa shape index (κ2) is 4.94. The van der Waals surface area contributed by atoms with Gasteiger partial charge >= 0.3 is 0 Å². The van der Waals surface area contributed by atoms with Gasteiger partial charge in [0.15, 0.2) is 0 Å². The van der Waals surface area contributed by atoms with Gasteiger partial charge in [0.05, 0.1) is 12.7 Å². The van der Waals surface area contributed by atoms with E-state index in [9.17, 15) is 0 Å². The second-order valence-electron chi connectivity index (χ2n) is 3.90. The molecule has 2 rings (SSSR count). The first-order valence-electron chi connectivity index (χ1n) is 5.48. The van der Waals surface area contributed by atoms with Crippen LogP contribution in [0.15, 0.2) is 24.7 Å². The lowest BCUT2D eigenvalue weighted by atomic mass is 10.1. The summed E-state index contributed by atoms with van der Waals surface area (Å²) in [6.45, 7) is 5.96. The predicted octanol–water partition coefficient (Wildman–Crippen LogP) is 1.27. The molecule has 1 unspecified atom stereocenters. The van der Waals surface area contributed by atoms with E-state index in [0.717, 1.165) is 18.8 Å². The van der Waals surface area contributed by atoms with E-state index in [0.29, 0.717) is 6.04 Å². The van der Waals surface area contributed by atoms with Gasteiger partial charge in [-0.15, -0.1) is 0 Å². The van der Waals surface area contributed by atoms with Gasteiger partial charge in [0.2, 0.25) is 0 Å². The highest BCUT2D eigenvalue weighted by atomic mass is 15.3. The summed E-state index contributed by atoms with van der Waals surface area (Å²) in [6.07, 6.45) is 5.64. The van der Waals surface area contributed by atoms with Crippen LogP contribution in [0.3, 0.4) is 0 Å². The number of rotatable bonds is 5. The van der Waals surface area contributed by atoms with Crippen LogP contribution in [0.2, 0.25) is 0 Å². The van der Waals surface area contributed by atoms with Gasteiger partial charge in [-0.05, 0) is 19.9 Å². The summed E-state index contributed by atoms with van der Waals surface area (Å²) in [5.74, 6) is 0. The van der Waals surface area contributed by atoms with E-state index in [4.69, 9.17) is 0 Å². The first-order chi connectivity index (χ1) is 7.77. The van der Waals surface area contributed by atoms with Gasteiger partial charge in [-0.25, -0.2) is 0 Å². The molecule has 0 saturated heterocycles. The van der Waals surface area contributed by atoms with Crippen molar-refractivity contribution < 1.29 is 0 Å². The average molecular weight is 219 g/mol. The van der Waals surface area contributed by atoms with E-state index in [-0.39, 0.29) is 0 Å². The van der Waals surface area contributed by atoms with Gasteiger partial charge in [0.1, 0.15) is 0 Å². The van der Waals surface area contributed by atoms with Gasteiger partial charge < -0.3 is 5.32 Å². The number of hydrogen-bond donors (Lipinski definition) is 2. The molecule has 2 aromatic heterocycles. The predicted molar refractivity (Wildman–Crippen MR) is 62.0 cm³/mol. The fourth-order valence-corrected chi connectivity index (χ4v) is 1.73. The third-order valence-corrected chi connectivity index (χ3v) is 2.69. The normalized spacial score (nSPS) is 12.9. The Morgan fingerprint density at radius 1 is 1.56 bits per heavy atom. The summed E-state index contributed by atoms with van der Waals surface area (Å²) in [7, 11) is 0. The Morgan fingerprint density at radius 2 is 2.44 bits per heavy atom. The van der Waals surface area contributed by atoms with E-state index in [1.807, 2.05) is 30.1 Å². The molecule has 0 spiro atoms. The smallest absolute Gasteiger partial charge is 0.0537 e. The van der Waals surface area contributed by atoms with Gasteiger partial charge in [-0.2, -0.15) is 10.2 Å². The van der Waals surface area contributed by atoms with Crippen LogP contribution in [0.5, 0.6) is 0 Å². The molecule has 2 N–H and O–H groups in total. The Labute approximate surface area is 94.9 Å². The van der Waals surface area contributed by atoms with E-state index >= 15 is 0 Å². The van der Waals surface area contributed by atoms with Gasteiger partial charge in [0.25, 0.3) is 0 Å². The third kappa shape index (κ3) is 2.49. The highest BCUT2D eigenvalue weighted by Gasteiger charge is 2.08. The van der Waals surface area contributed by atoms with Crippen LogP contribution in [0.4, 0.5) is 0 Å². The Kier molecular flexibility index (Phi) is 3.36. The molecule has 16 heavy (non-hydrogen) atoms. The summed E-state index contributed by atoms with van der Waals surface area (Å²) >= 11 is 0. The van der Waals surface area contributed by atoms with Crippen LogP contribution in [0.25, 0.3) is 0 Å². The average Bonchev–Trinajstić information content (AvgIpc) is 2.88. The monoisotopic (exact) mass is 219 g/mol. The zero-order valence-corrected chi connectivity index (χ0v) is 9.64. The van der Waals surface area contributed by atoms with Crippen molar-refractivity contribution in [1.82, 2.24) is 25.3 Å². The molecular formula is C11H17N5. The molecule has 5 nitrogen and oxygen atoms in total. The fraction of sp³-hybridized carbons (Fsp3) is 0.455. The van der Waals surface area contributed by atoms with Gasteiger partial charge in [-0.3, -0.25) is 9.78 Å². The van der Waals surface area contributed by atoms with Crippen molar-refractivity contribution in [2.75, 3.05) is 6.54 Å². The van der Waals surface area contributed by atoms with Crippen molar-refractivity contribution in [3.8, 4) is 0 Å². The Hall–Kier alpha value is -1.62. The lowest BCUT2D eigenvalue weighted by Crippen LogP contribution is -2.23. The molecule has 0 bridgehead atoms. The van der Waals surface area contributed by atoms with Crippen molar-refractivity contribution in [3.63, 3.8) is 0 Å². The zero-order valence-electron chi connectivity index (χ0n) is 9.64. The summed E-state index contributed by atoms with van der Waals surface area (Å²) in [6, 6.07) is 2.25. The fourth-order valence-electron chi connectivity index (χ4n) is 1.73. The number of nitrogens with zero attached hydrogens (tertiary/aromatic N) is 3. The summed E-state index contributed by atoms with van der Waals surface area (Å²) in [5.41, 5.74) is 2.35. The molecule has 0 aliphatic rings. The maximum absolute atomic E-state index is 4.15. The molecule has 0 saturated carbocycles. The van der Waals surface area contributed by atoms with E-state index in [2.05, 4.69) is 27.5 Å². The standard InChI is InChI=1S/C11H17N5/c1-9(11-8-13-15-10(11)2)12-5-7-16-6-3-4-14-16/h3-4,6,8-9,12H,5,7H2,1-2H3,(H,13,15). The van der Waals surface area contributed by atoms with Gasteiger partial charge in [0, 0.05) is 36.2 Å². The number of aryl methyl sites for hydroxylation is 1. The quantitative estimate of drug-likeness (QED) is 0.796. The molecule has 0 aromatic carbocycles. The molecule has 2 heterocycles. The Morgan fingerprint density at radius 3 is 3.06 bits per heavy atom. The number of aromatic amines is 1. The van der Waals surface area contributed by atoms with Crippen LogP contribution in [-0.2, 0) is 6.54 Å². The number of nitrogens with one attached hydrogen (secondary N) is 2. The van der Waals surface area contributed by atoms with Crippen molar-refractivity contribution in [1.29, 1.82) is 0 Å². The van der Waals surface area contributed by atoms with Crippen molar-refractivity contribution >= 4 is 0 Å². The van der Waals surface area contributed by atoms with E-state index in [1.165, 1.54) is 5.56 Å². The first kappa shape index (κ1) is 10.9. The summed E-state index contributed by atoms with van der Waals surface area (Å²) in [4.78, 5) is 0. The number of hydrogen-bond acceptors (Lipinski definition) is 3. The molecular weight excluding hydrogens is 202 g/mol. The minimum atomic E-state index is 0.314. The van der Waals surface area contributed by atoms with E-state index < -0.39 is 0 Å². The molecule has 0 aliphatic carbocycles. The van der Waals surface area contributed by atoms with Gasteiger partial charge in [-0.1, -0.05) is 0 Å².